The zero-order chi connectivity index (χ0) is 9.97. The summed E-state index contributed by atoms with van der Waals surface area (Å²) < 4.78 is 17.4. The monoisotopic (exact) mass is 191 g/mol. The van der Waals surface area contributed by atoms with Gasteiger partial charge in [-0.25, -0.2) is 4.39 Å². The molecule has 2 rings (SSSR count). The van der Waals surface area contributed by atoms with Gasteiger partial charge >= 0.3 is 0 Å². The third kappa shape index (κ3) is 1.53. The first-order valence-corrected chi connectivity index (χ1v) is 4.32. The summed E-state index contributed by atoms with van der Waals surface area (Å²) in [7, 11) is 1.60. The molecule has 0 aliphatic carbocycles. The number of ether oxygens (including phenoxy) is 1. The van der Waals surface area contributed by atoms with E-state index in [2.05, 4.69) is 4.98 Å². The number of hydrogen-bond acceptors (Lipinski definition) is 2. The lowest BCUT2D eigenvalue weighted by Gasteiger charge is -2.02. The number of benzene rings is 1. The zero-order valence-corrected chi connectivity index (χ0v) is 7.83. The molecule has 2 aromatic rings. The molecular formula is C11H10FNO. The molecule has 0 radical (unpaired) electrons. The van der Waals surface area contributed by atoms with E-state index in [4.69, 9.17) is 4.74 Å². The van der Waals surface area contributed by atoms with Crippen molar-refractivity contribution in [3.05, 3.63) is 36.0 Å². The molecule has 0 saturated heterocycles. The topological polar surface area (TPSA) is 22.1 Å². The summed E-state index contributed by atoms with van der Waals surface area (Å²) >= 11 is 0. The highest BCUT2D eigenvalue weighted by atomic mass is 19.1. The van der Waals surface area contributed by atoms with Gasteiger partial charge in [0, 0.05) is 17.1 Å². The Hall–Kier alpha value is -1.64. The molecule has 0 aliphatic rings. The Labute approximate surface area is 81.3 Å². The summed E-state index contributed by atoms with van der Waals surface area (Å²) in [6.45, 7) is -0.486. The Morgan fingerprint density at radius 2 is 2.21 bits per heavy atom. The van der Waals surface area contributed by atoms with Crippen LogP contribution in [0.1, 0.15) is 5.56 Å². The first-order valence-electron chi connectivity index (χ1n) is 4.32. The smallest absolute Gasteiger partial charge is 0.119 e. The van der Waals surface area contributed by atoms with Crippen LogP contribution >= 0.6 is 0 Å². The molecule has 1 heterocycles. The standard InChI is InChI=1S/C11H10FNO/c1-14-10-2-3-11-9(5-10)4-8(6-12)7-13-11/h2-5,7H,6H2,1H3. The largest absolute Gasteiger partial charge is 0.497 e. The maximum absolute atomic E-state index is 12.4. The second kappa shape index (κ2) is 3.62. The van der Waals surface area contributed by atoms with Crippen LogP contribution < -0.4 is 4.74 Å². The van der Waals surface area contributed by atoms with Gasteiger partial charge in [-0.15, -0.1) is 0 Å². The number of pyridine rings is 1. The molecule has 0 amide bonds. The Morgan fingerprint density at radius 3 is 2.93 bits per heavy atom. The summed E-state index contributed by atoms with van der Waals surface area (Å²) in [5, 5.41) is 0.902. The molecule has 0 aliphatic heterocycles. The number of methoxy groups -OCH3 is 1. The fourth-order valence-corrected chi connectivity index (χ4v) is 1.36. The molecular weight excluding hydrogens is 181 g/mol. The third-order valence-electron chi connectivity index (χ3n) is 2.10. The molecule has 0 N–H and O–H groups in total. The molecule has 0 bridgehead atoms. The van der Waals surface area contributed by atoms with Gasteiger partial charge in [-0.2, -0.15) is 0 Å². The number of rotatable bonds is 2. The Morgan fingerprint density at radius 1 is 1.36 bits per heavy atom. The number of hydrogen-bond donors (Lipinski definition) is 0. The van der Waals surface area contributed by atoms with Crippen molar-refractivity contribution in [2.75, 3.05) is 7.11 Å². The molecule has 0 atom stereocenters. The van der Waals surface area contributed by atoms with Gasteiger partial charge in [-0.05, 0) is 24.3 Å². The minimum Gasteiger partial charge on any atom is -0.497 e. The van der Waals surface area contributed by atoms with Gasteiger partial charge in [0.2, 0.25) is 0 Å². The van der Waals surface area contributed by atoms with E-state index < -0.39 is 6.67 Å². The van der Waals surface area contributed by atoms with Crippen LogP contribution in [0.25, 0.3) is 10.9 Å². The van der Waals surface area contributed by atoms with Gasteiger partial charge in [-0.1, -0.05) is 0 Å². The maximum atomic E-state index is 12.4. The highest BCUT2D eigenvalue weighted by Gasteiger charge is 1.99. The van der Waals surface area contributed by atoms with Crippen LogP contribution in [0.15, 0.2) is 30.5 Å². The van der Waals surface area contributed by atoms with Crippen LogP contribution in [0.4, 0.5) is 4.39 Å². The van der Waals surface area contributed by atoms with Crippen molar-refractivity contribution in [3.63, 3.8) is 0 Å². The number of fused-ring (bicyclic) bond motifs is 1. The molecule has 1 aromatic heterocycles. The summed E-state index contributed by atoms with van der Waals surface area (Å²) in [5.41, 5.74) is 1.44. The minimum absolute atomic E-state index is 0.486. The van der Waals surface area contributed by atoms with Gasteiger partial charge in [0.1, 0.15) is 12.4 Å². The van der Waals surface area contributed by atoms with Crippen molar-refractivity contribution in [1.29, 1.82) is 0 Å². The summed E-state index contributed by atoms with van der Waals surface area (Å²) in [6.07, 6.45) is 1.55. The molecule has 14 heavy (non-hydrogen) atoms. The average molecular weight is 191 g/mol. The Bertz CT molecular complexity index is 417. The van der Waals surface area contributed by atoms with E-state index in [0.29, 0.717) is 5.56 Å². The Balaban J connectivity index is 2.60. The lowest BCUT2D eigenvalue weighted by molar-refractivity contribution is 0.415. The van der Waals surface area contributed by atoms with Crippen LogP contribution in [0.2, 0.25) is 0 Å². The van der Waals surface area contributed by atoms with Crippen LogP contribution in [-0.2, 0) is 6.67 Å². The third-order valence-corrected chi connectivity index (χ3v) is 2.10. The second-order valence-corrected chi connectivity index (χ2v) is 3.04. The second-order valence-electron chi connectivity index (χ2n) is 3.04. The van der Waals surface area contributed by atoms with Gasteiger partial charge in [0.25, 0.3) is 0 Å². The predicted octanol–water partition coefficient (Wildman–Crippen LogP) is 2.71. The van der Waals surface area contributed by atoms with E-state index in [0.717, 1.165) is 16.7 Å². The molecule has 3 heteroatoms. The lowest BCUT2D eigenvalue weighted by Crippen LogP contribution is -1.86. The van der Waals surface area contributed by atoms with Gasteiger partial charge in [0.05, 0.1) is 12.6 Å². The van der Waals surface area contributed by atoms with E-state index in [9.17, 15) is 4.39 Å². The maximum Gasteiger partial charge on any atom is 0.119 e. The Kier molecular flexibility index (Phi) is 2.31. The van der Waals surface area contributed by atoms with Gasteiger partial charge in [0.15, 0.2) is 0 Å². The fourth-order valence-electron chi connectivity index (χ4n) is 1.36. The number of nitrogens with zero attached hydrogens (tertiary/aromatic N) is 1. The zero-order valence-electron chi connectivity index (χ0n) is 7.83. The van der Waals surface area contributed by atoms with Crippen LogP contribution in [0, 0.1) is 0 Å². The van der Waals surface area contributed by atoms with Crippen LogP contribution in [-0.4, -0.2) is 12.1 Å². The van der Waals surface area contributed by atoms with Crippen molar-refractivity contribution in [2.24, 2.45) is 0 Å². The lowest BCUT2D eigenvalue weighted by atomic mass is 10.1. The van der Waals surface area contributed by atoms with Crippen molar-refractivity contribution in [1.82, 2.24) is 4.98 Å². The first-order chi connectivity index (χ1) is 6.83. The molecule has 0 unspecified atom stereocenters. The minimum atomic E-state index is -0.486. The van der Waals surface area contributed by atoms with E-state index in [1.165, 1.54) is 0 Å². The van der Waals surface area contributed by atoms with E-state index in [1.54, 1.807) is 19.4 Å². The van der Waals surface area contributed by atoms with E-state index in [1.807, 2.05) is 18.2 Å². The molecule has 72 valence electrons. The van der Waals surface area contributed by atoms with Gasteiger partial charge < -0.3 is 4.74 Å². The highest BCUT2D eigenvalue weighted by molar-refractivity contribution is 5.80. The molecule has 2 nitrogen and oxygen atoms in total. The van der Waals surface area contributed by atoms with Crippen molar-refractivity contribution in [3.8, 4) is 5.75 Å². The SMILES string of the molecule is COc1ccc2ncc(CF)cc2c1. The molecule has 0 spiro atoms. The predicted molar refractivity (Wildman–Crippen MR) is 53.1 cm³/mol. The summed E-state index contributed by atoms with van der Waals surface area (Å²) in [5.74, 6) is 0.760. The van der Waals surface area contributed by atoms with Gasteiger partial charge in [-0.3, -0.25) is 4.98 Å². The average Bonchev–Trinajstić information content (AvgIpc) is 2.27. The molecule has 1 aromatic carbocycles. The van der Waals surface area contributed by atoms with Crippen molar-refractivity contribution in [2.45, 2.75) is 6.67 Å². The normalized spacial score (nSPS) is 10.4. The molecule has 0 fully saturated rings. The molecule has 0 saturated carbocycles. The van der Waals surface area contributed by atoms with Crippen molar-refractivity contribution >= 4 is 10.9 Å². The fraction of sp³-hybridized carbons (Fsp3) is 0.182. The number of aromatic nitrogens is 1. The quantitative estimate of drug-likeness (QED) is 0.728. The number of alkyl halides is 1. The summed E-state index contributed by atoms with van der Waals surface area (Å²) in [6, 6.07) is 7.33. The van der Waals surface area contributed by atoms with E-state index in [-0.39, 0.29) is 0 Å². The van der Waals surface area contributed by atoms with E-state index >= 15 is 0 Å². The summed E-state index contributed by atoms with van der Waals surface area (Å²) in [4.78, 5) is 4.13. The highest BCUT2D eigenvalue weighted by Crippen LogP contribution is 2.20. The first kappa shape index (κ1) is 8.94. The van der Waals surface area contributed by atoms with Crippen LogP contribution in [0.5, 0.6) is 5.75 Å². The number of halogens is 1. The van der Waals surface area contributed by atoms with Crippen LogP contribution in [0.3, 0.4) is 0 Å². The van der Waals surface area contributed by atoms with Crippen molar-refractivity contribution < 1.29 is 9.13 Å².